The number of nitrogens with one attached hydrogen (secondary N) is 1. The lowest BCUT2D eigenvalue weighted by atomic mass is 10.2. The molecule has 9 heteroatoms. The summed E-state index contributed by atoms with van der Waals surface area (Å²) in [6, 6.07) is 18.2. The maximum Gasteiger partial charge on any atom is 0.264 e. The fourth-order valence-corrected chi connectivity index (χ4v) is 5.30. The van der Waals surface area contributed by atoms with Crippen molar-refractivity contribution in [3.63, 3.8) is 0 Å². The molecule has 0 unspecified atom stereocenters. The van der Waals surface area contributed by atoms with Gasteiger partial charge in [0.1, 0.15) is 6.54 Å². The van der Waals surface area contributed by atoms with E-state index in [4.69, 9.17) is 23.2 Å². The van der Waals surface area contributed by atoms with Crippen LogP contribution in [0.1, 0.15) is 5.56 Å². The van der Waals surface area contributed by atoms with Gasteiger partial charge in [-0.15, -0.1) is 11.8 Å². The molecule has 0 aliphatic carbocycles. The van der Waals surface area contributed by atoms with Crippen LogP contribution in [0.25, 0.3) is 0 Å². The highest BCUT2D eigenvalue weighted by Crippen LogP contribution is 2.33. The number of aryl methyl sites for hydroxylation is 1. The number of sulfonamides is 1. The van der Waals surface area contributed by atoms with E-state index in [1.54, 1.807) is 30.3 Å². The number of para-hydroxylation sites is 1. The van der Waals surface area contributed by atoms with E-state index < -0.39 is 22.5 Å². The number of halogens is 2. The Kier molecular flexibility index (Phi) is 7.54. The van der Waals surface area contributed by atoms with Crippen molar-refractivity contribution in [2.75, 3.05) is 22.4 Å². The number of anilines is 2. The third-order valence-electron chi connectivity index (χ3n) is 4.45. The number of carbonyl (C=O) groups excluding carboxylic acids is 1. The molecule has 0 aromatic heterocycles. The first-order valence-electron chi connectivity index (χ1n) is 9.19. The molecule has 0 spiro atoms. The molecule has 0 saturated heterocycles. The Labute approximate surface area is 196 Å². The van der Waals surface area contributed by atoms with Gasteiger partial charge in [-0.2, -0.15) is 0 Å². The Morgan fingerprint density at radius 3 is 2.39 bits per heavy atom. The first-order valence-corrected chi connectivity index (χ1v) is 12.6. The average molecular weight is 495 g/mol. The quantitative estimate of drug-likeness (QED) is 0.417. The minimum Gasteiger partial charge on any atom is -0.323 e. The molecule has 0 heterocycles. The maximum absolute atomic E-state index is 13.5. The molecule has 0 aliphatic rings. The Morgan fingerprint density at radius 2 is 1.71 bits per heavy atom. The van der Waals surface area contributed by atoms with Crippen LogP contribution in [0.4, 0.5) is 11.4 Å². The van der Waals surface area contributed by atoms with Gasteiger partial charge >= 0.3 is 0 Å². The van der Waals surface area contributed by atoms with Crippen molar-refractivity contribution in [2.24, 2.45) is 0 Å². The molecular weight excluding hydrogens is 475 g/mol. The summed E-state index contributed by atoms with van der Waals surface area (Å²) in [5, 5.41) is 3.25. The van der Waals surface area contributed by atoms with E-state index in [2.05, 4.69) is 5.32 Å². The van der Waals surface area contributed by atoms with E-state index >= 15 is 0 Å². The number of rotatable bonds is 7. The van der Waals surface area contributed by atoms with Crippen LogP contribution in [0, 0.1) is 6.92 Å². The van der Waals surface area contributed by atoms with Crippen LogP contribution in [0.3, 0.4) is 0 Å². The molecule has 0 fully saturated rings. The van der Waals surface area contributed by atoms with Crippen molar-refractivity contribution in [1.82, 2.24) is 0 Å². The summed E-state index contributed by atoms with van der Waals surface area (Å²) in [7, 11) is -4.09. The summed E-state index contributed by atoms with van der Waals surface area (Å²) in [4.78, 5) is 13.8. The van der Waals surface area contributed by atoms with Gasteiger partial charge in [0.2, 0.25) is 5.91 Å². The summed E-state index contributed by atoms with van der Waals surface area (Å²) >= 11 is 13.9. The van der Waals surface area contributed by atoms with Gasteiger partial charge in [0, 0.05) is 9.92 Å². The second-order valence-corrected chi connectivity index (χ2v) is 10.2. The highest BCUT2D eigenvalue weighted by molar-refractivity contribution is 7.98. The number of hydrogen-bond donors (Lipinski definition) is 1. The molecule has 162 valence electrons. The lowest BCUT2D eigenvalue weighted by Crippen LogP contribution is -2.38. The minimum atomic E-state index is -4.09. The third-order valence-corrected chi connectivity index (χ3v) is 7.58. The molecule has 3 aromatic rings. The van der Waals surface area contributed by atoms with Gasteiger partial charge in [-0.3, -0.25) is 9.10 Å². The molecule has 0 bridgehead atoms. The van der Waals surface area contributed by atoms with Crippen LogP contribution in [-0.2, 0) is 14.8 Å². The molecule has 0 radical (unpaired) electrons. The Morgan fingerprint density at radius 1 is 1.03 bits per heavy atom. The zero-order valence-corrected chi connectivity index (χ0v) is 19.9. The number of amides is 1. The predicted molar refractivity (Wildman–Crippen MR) is 129 cm³/mol. The molecule has 1 N–H and O–H groups in total. The second-order valence-electron chi connectivity index (χ2n) is 6.67. The summed E-state index contributed by atoms with van der Waals surface area (Å²) < 4.78 is 27.9. The third kappa shape index (κ3) is 5.54. The summed E-state index contributed by atoms with van der Waals surface area (Å²) in [5.74, 6) is -0.506. The van der Waals surface area contributed by atoms with Crippen LogP contribution in [0.5, 0.6) is 0 Å². The first-order chi connectivity index (χ1) is 14.7. The Balaban J connectivity index is 2.01. The normalized spacial score (nSPS) is 11.2. The molecule has 5 nitrogen and oxygen atoms in total. The van der Waals surface area contributed by atoms with Gasteiger partial charge in [-0.05, 0) is 55.6 Å². The van der Waals surface area contributed by atoms with Gasteiger partial charge in [0.25, 0.3) is 10.0 Å². The largest absolute Gasteiger partial charge is 0.323 e. The molecule has 0 saturated carbocycles. The summed E-state index contributed by atoms with van der Waals surface area (Å²) in [6.07, 6.45) is 1.89. The van der Waals surface area contributed by atoms with Crippen molar-refractivity contribution >= 4 is 62.3 Å². The number of hydrogen-bond acceptors (Lipinski definition) is 4. The predicted octanol–water partition coefficient (Wildman–Crippen LogP) is 5.86. The first kappa shape index (κ1) is 23.5. The Bertz CT molecular complexity index is 1200. The molecule has 3 rings (SSSR count). The van der Waals surface area contributed by atoms with E-state index in [1.807, 2.05) is 25.3 Å². The Hall–Kier alpha value is -2.19. The van der Waals surface area contributed by atoms with Gasteiger partial charge in [-0.1, -0.05) is 53.0 Å². The standard InChI is InChI=1S/C22H20Cl2N2O3S2/c1-15-7-10-17(11-8-15)31(28,29)26(20-13-16(23)9-12-18(20)24)14-22(27)25-19-5-3-4-6-21(19)30-2/h3-13H,14H2,1-2H3,(H,25,27). The van der Waals surface area contributed by atoms with Crippen molar-refractivity contribution in [3.05, 3.63) is 82.3 Å². The molecule has 31 heavy (non-hydrogen) atoms. The van der Waals surface area contributed by atoms with Crippen LogP contribution < -0.4 is 9.62 Å². The maximum atomic E-state index is 13.5. The molecule has 0 atom stereocenters. The molecule has 3 aromatic carbocycles. The smallest absolute Gasteiger partial charge is 0.264 e. The van der Waals surface area contributed by atoms with E-state index in [1.165, 1.54) is 36.0 Å². The van der Waals surface area contributed by atoms with E-state index in [0.717, 1.165) is 14.8 Å². The highest BCUT2D eigenvalue weighted by Gasteiger charge is 2.29. The van der Waals surface area contributed by atoms with Crippen LogP contribution in [-0.4, -0.2) is 27.1 Å². The lowest BCUT2D eigenvalue weighted by molar-refractivity contribution is -0.114. The van der Waals surface area contributed by atoms with Gasteiger partial charge in [0.05, 0.1) is 21.3 Å². The summed E-state index contributed by atoms with van der Waals surface area (Å²) in [5.41, 5.74) is 1.64. The lowest BCUT2D eigenvalue weighted by Gasteiger charge is -2.25. The van der Waals surface area contributed by atoms with E-state index in [-0.39, 0.29) is 15.6 Å². The second kappa shape index (κ2) is 9.96. The van der Waals surface area contributed by atoms with Gasteiger partial charge < -0.3 is 5.32 Å². The molecule has 1 amide bonds. The number of nitrogens with zero attached hydrogens (tertiary/aromatic N) is 1. The topological polar surface area (TPSA) is 66.5 Å². The van der Waals surface area contributed by atoms with E-state index in [9.17, 15) is 13.2 Å². The van der Waals surface area contributed by atoms with Crippen molar-refractivity contribution in [2.45, 2.75) is 16.7 Å². The van der Waals surface area contributed by atoms with Crippen molar-refractivity contribution < 1.29 is 13.2 Å². The highest BCUT2D eigenvalue weighted by atomic mass is 35.5. The average Bonchev–Trinajstić information content (AvgIpc) is 2.74. The van der Waals surface area contributed by atoms with Gasteiger partial charge in [-0.25, -0.2) is 8.42 Å². The number of carbonyl (C=O) groups is 1. The molecular formula is C22H20Cl2N2O3S2. The monoisotopic (exact) mass is 494 g/mol. The molecule has 0 aliphatic heterocycles. The van der Waals surface area contributed by atoms with Crippen molar-refractivity contribution in [1.29, 1.82) is 0 Å². The number of benzene rings is 3. The van der Waals surface area contributed by atoms with Crippen LogP contribution in [0.15, 0.2) is 76.5 Å². The van der Waals surface area contributed by atoms with Crippen LogP contribution >= 0.6 is 35.0 Å². The fourth-order valence-electron chi connectivity index (χ4n) is 2.88. The SMILES string of the molecule is CSc1ccccc1NC(=O)CN(c1cc(Cl)ccc1Cl)S(=O)(=O)c1ccc(C)cc1. The zero-order valence-electron chi connectivity index (χ0n) is 16.8. The van der Waals surface area contributed by atoms with E-state index in [0.29, 0.717) is 10.7 Å². The van der Waals surface area contributed by atoms with Gasteiger partial charge in [0.15, 0.2) is 0 Å². The van der Waals surface area contributed by atoms with Crippen LogP contribution in [0.2, 0.25) is 10.0 Å². The number of thioether (sulfide) groups is 1. The fraction of sp³-hybridized carbons (Fsp3) is 0.136. The van der Waals surface area contributed by atoms with Crippen molar-refractivity contribution in [3.8, 4) is 0 Å². The zero-order chi connectivity index (χ0) is 22.6. The minimum absolute atomic E-state index is 0.0476. The summed E-state index contributed by atoms with van der Waals surface area (Å²) in [6.45, 7) is 1.39.